The smallest absolute Gasteiger partial charge is 0.326 e. The first-order valence-electron chi connectivity index (χ1n) is 12.2. The van der Waals surface area contributed by atoms with Gasteiger partial charge in [0, 0.05) is 23.7 Å². The number of hydrogen-bond donors (Lipinski definition) is 2. The Morgan fingerprint density at radius 3 is 2.68 bits per heavy atom. The second-order valence-electron chi connectivity index (χ2n) is 8.96. The molecule has 37 heavy (non-hydrogen) atoms. The van der Waals surface area contributed by atoms with Crippen LogP contribution >= 0.6 is 22.7 Å². The van der Waals surface area contributed by atoms with Gasteiger partial charge in [-0.15, -0.1) is 21.6 Å². The summed E-state index contributed by atoms with van der Waals surface area (Å²) in [5, 5.41) is 14.4. The Labute approximate surface area is 221 Å². The van der Waals surface area contributed by atoms with Crippen LogP contribution < -0.4 is 15.5 Å². The molecular formula is C27H24N6O2S2. The van der Waals surface area contributed by atoms with Crippen molar-refractivity contribution in [3.8, 4) is 0 Å². The molecule has 4 heterocycles. The number of rotatable bonds is 7. The van der Waals surface area contributed by atoms with E-state index in [9.17, 15) is 9.59 Å². The number of aromatic nitrogens is 1. The monoisotopic (exact) mass is 528 g/mol. The zero-order valence-corrected chi connectivity index (χ0v) is 21.8. The first-order valence-corrected chi connectivity index (χ1v) is 13.8. The molecule has 3 amide bonds. The van der Waals surface area contributed by atoms with Gasteiger partial charge in [-0.25, -0.2) is 9.78 Å². The van der Waals surface area contributed by atoms with Gasteiger partial charge in [-0.1, -0.05) is 55.0 Å². The molecule has 10 heteroatoms. The van der Waals surface area contributed by atoms with Crippen LogP contribution in [0.3, 0.4) is 0 Å². The second kappa shape index (κ2) is 9.87. The number of nitrogens with one attached hydrogen (secondary N) is 2. The summed E-state index contributed by atoms with van der Waals surface area (Å²) in [6.45, 7) is 3.94. The number of allylic oxidation sites excluding steroid dienone is 1. The minimum Gasteiger partial charge on any atom is -0.367 e. The van der Waals surface area contributed by atoms with Gasteiger partial charge in [-0.05, 0) is 53.8 Å². The number of thiazole rings is 1. The summed E-state index contributed by atoms with van der Waals surface area (Å²) in [5.41, 5.74) is 5.84. The molecule has 2 aliphatic rings. The lowest BCUT2D eigenvalue weighted by Gasteiger charge is -2.19. The number of fused-ring (bicyclic) bond motifs is 2. The molecule has 1 saturated heterocycles. The Morgan fingerprint density at radius 2 is 1.92 bits per heavy atom. The fraction of sp³-hybridized carbons (Fsp3) is 0.222. The summed E-state index contributed by atoms with van der Waals surface area (Å²) in [6, 6.07) is 18.3. The van der Waals surface area contributed by atoms with Crippen molar-refractivity contribution in [2.45, 2.75) is 32.7 Å². The van der Waals surface area contributed by atoms with Gasteiger partial charge in [0.1, 0.15) is 10.5 Å². The van der Waals surface area contributed by atoms with Crippen molar-refractivity contribution < 1.29 is 9.59 Å². The average molecular weight is 529 g/mol. The summed E-state index contributed by atoms with van der Waals surface area (Å²) in [4.78, 5) is 32.6. The molecule has 0 spiro atoms. The van der Waals surface area contributed by atoms with Crippen LogP contribution in [0.2, 0.25) is 0 Å². The van der Waals surface area contributed by atoms with E-state index >= 15 is 0 Å². The number of thiophene rings is 1. The summed E-state index contributed by atoms with van der Waals surface area (Å²) in [7, 11) is 0. The van der Waals surface area contributed by atoms with Crippen molar-refractivity contribution in [2.24, 2.45) is 10.2 Å². The molecule has 0 unspecified atom stereocenters. The Balaban J connectivity index is 1.19. The Hall–Kier alpha value is -3.89. The van der Waals surface area contributed by atoms with E-state index in [4.69, 9.17) is 0 Å². The van der Waals surface area contributed by atoms with Crippen LogP contribution in [0.5, 0.6) is 0 Å². The van der Waals surface area contributed by atoms with Crippen molar-refractivity contribution in [1.29, 1.82) is 0 Å². The van der Waals surface area contributed by atoms with Gasteiger partial charge in [0.2, 0.25) is 5.13 Å². The Bertz CT molecular complexity index is 1540. The minimum atomic E-state index is -0.483. The molecule has 1 fully saturated rings. The molecule has 0 atom stereocenters. The fourth-order valence-electron chi connectivity index (χ4n) is 4.70. The molecular weight excluding hydrogens is 504 g/mol. The largest absolute Gasteiger partial charge is 0.367 e. The fourth-order valence-corrected chi connectivity index (χ4v) is 6.82. The molecule has 6 rings (SSSR count). The van der Waals surface area contributed by atoms with Gasteiger partial charge in [0.25, 0.3) is 5.91 Å². The van der Waals surface area contributed by atoms with Crippen molar-refractivity contribution in [3.05, 3.63) is 76.3 Å². The molecule has 0 saturated carbocycles. The van der Waals surface area contributed by atoms with Crippen LogP contribution in [0, 0.1) is 0 Å². The van der Waals surface area contributed by atoms with Crippen molar-refractivity contribution in [1.82, 2.24) is 15.6 Å². The highest BCUT2D eigenvalue weighted by Gasteiger charge is 2.28. The van der Waals surface area contributed by atoms with E-state index in [0.717, 1.165) is 51.6 Å². The number of benzene rings is 2. The molecule has 186 valence electrons. The van der Waals surface area contributed by atoms with Crippen LogP contribution in [-0.2, 0) is 17.8 Å². The topological polar surface area (TPSA) is 99.0 Å². The van der Waals surface area contributed by atoms with E-state index < -0.39 is 6.03 Å². The lowest BCUT2D eigenvalue weighted by Crippen LogP contribution is -2.22. The molecule has 0 aliphatic carbocycles. The van der Waals surface area contributed by atoms with Crippen molar-refractivity contribution in [2.75, 3.05) is 11.4 Å². The minimum absolute atomic E-state index is 0.333. The molecule has 2 aromatic carbocycles. The van der Waals surface area contributed by atoms with Gasteiger partial charge < -0.3 is 10.2 Å². The van der Waals surface area contributed by atoms with E-state index in [-0.39, 0.29) is 5.91 Å². The maximum Gasteiger partial charge on any atom is 0.326 e. The van der Waals surface area contributed by atoms with Gasteiger partial charge in [0.05, 0.1) is 10.4 Å². The second-order valence-corrected chi connectivity index (χ2v) is 11.0. The average Bonchev–Trinajstić information content (AvgIpc) is 3.65. The number of anilines is 1. The maximum absolute atomic E-state index is 12.2. The molecule has 2 aromatic heterocycles. The van der Waals surface area contributed by atoms with Crippen molar-refractivity contribution >= 4 is 66.2 Å². The standard InChI is InChI=1S/C27H24N6O2S2/c1-2-6-19(23-24(34)29-26(35)28-23)21-14-22-25(36-21)30-27(37-22)32-31-18-9-10-20-17(13-18)11-12-33(20)15-16-7-4-3-5-8-16/h3-5,7-10,13-14H,2,6,11-12,15H2,1H3,(H2,28,29,34,35)/b23-19+,32-31?. The van der Waals surface area contributed by atoms with Crippen LogP contribution in [0.1, 0.15) is 35.8 Å². The number of amides is 3. The van der Waals surface area contributed by atoms with Gasteiger partial charge in [-0.3, -0.25) is 10.1 Å². The third kappa shape index (κ3) is 4.77. The Morgan fingerprint density at radius 1 is 1.05 bits per heavy atom. The van der Waals surface area contributed by atoms with E-state index in [1.54, 1.807) is 0 Å². The zero-order valence-electron chi connectivity index (χ0n) is 20.2. The third-order valence-corrected chi connectivity index (χ3v) is 8.50. The quantitative estimate of drug-likeness (QED) is 0.159. The van der Waals surface area contributed by atoms with E-state index in [2.05, 4.69) is 67.1 Å². The molecule has 4 aromatic rings. The first kappa shape index (κ1) is 23.5. The Kier molecular flexibility index (Phi) is 6.27. The summed E-state index contributed by atoms with van der Waals surface area (Å²) in [5.74, 6) is -0.384. The van der Waals surface area contributed by atoms with Gasteiger partial charge >= 0.3 is 6.03 Å². The van der Waals surface area contributed by atoms with E-state index in [1.165, 1.54) is 39.5 Å². The molecule has 0 bridgehead atoms. The summed E-state index contributed by atoms with van der Waals surface area (Å²) >= 11 is 2.96. The molecule has 2 aliphatic heterocycles. The number of hydrogen-bond acceptors (Lipinski definition) is 8. The van der Waals surface area contributed by atoms with Crippen LogP contribution in [0.25, 0.3) is 15.1 Å². The van der Waals surface area contributed by atoms with E-state index in [1.807, 2.05) is 25.1 Å². The SMILES string of the molecule is CCC/C(=C1\NC(=O)NC1=O)c1cc2sc(N=Nc3ccc4c(c3)CCN4Cc3ccccc3)nc2s1. The molecule has 2 N–H and O–H groups in total. The van der Waals surface area contributed by atoms with E-state index in [0.29, 0.717) is 17.2 Å². The summed E-state index contributed by atoms with van der Waals surface area (Å²) < 4.78 is 0.985. The normalized spacial score (nSPS) is 16.5. The number of nitrogens with zero attached hydrogens (tertiary/aromatic N) is 4. The number of carbonyl (C=O) groups excluding carboxylic acids is 2. The molecule has 8 nitrogen and oxygen atoms in total. The number of carbonyl (C=O) groups is 2. The van der Waals surface area contributed by atoms with Crippen LogP contribution in [0.4, 0.5) is 21.3 Å². The highest BCUT2D eigenvalue weighted by Crippen LogP contribution is 2.40. The first-order chi connectivity index (χ1) is 18.1. The highest BCUT2D eigenvalue weighted by molar-refractivity contribution is 7.29. The summed E-state index contributed by atoms with van der Waals surface area (Å²) in [6.07, 6.45) is 2.53. The van der Waals surface area contributed by atoms with Gasteiger partial charge in [-0.2, -0.15) is 0 Å². The maximum atomic E-state index is 12.2. The highest BCUT2D eigenvalue weighted by atomic mass is 32.1. The number of urea groups is 1. The van der Waals surface area contributed by atoms with Crippen LogP contribution in [-0.4, -0.2) is 23.5 Å². The lowest BCUT2D eigenvalue weighted by atomic mass is 10.1. The predicted molar refractivity (Wildman–Crippen MR) is 148 cm³/mol. The van der Waals surface area contributed by atoms with Crippen molar-refractivity contribution in [3.63, 3.8) is 0 Å². The number of azo groups is 1. The predicted octanol–water partition coefficient (Wildman–Crippen LogP) is 6.69. The third-order valence-electron chi connectivity index (χ3n) is 6.39. The zero-order chi connectivity index (χ0) is 25.4. The van der Waals surface area contributed by atoms with Crippen LogP contribution in [0.15, 0.2) is 70.5 Å². The number of imide groups is 1. The lowest BCUT2D eigenvalue weighted by molar-refractivity contribution is -0.115. The molecule has 0 radical (unpaired) electrons. The van der Waals surface area contributed by atoms with Gasteiger partial charge in [0.15, 0.2) is 0 Å².